The largest absolute Gasteiger partial charge is 0.456 e. The van der Waals surface area contributed by atoms with Crippen LogP contribution in [0.15, 0.2) is 107 Å². The van der Waals surface area contributed by atoms with Crippen molar-refractivity contribution >= 4 is 76.2 Å². The van der Waals surface area contributed by atoms with Gasteiger partial charge >= 0.3 is 0 Å². The van der Waals surface area contributed by atoms with Crippen molar-refractivity contribution in [2.45, 2.75) is 25.3 Å². The van der Waals surface area contributed by atoms with Gasteiger partial charge in [-0.2, -0.15) is 0 Å². The lowest BCUT2D eigenvalue weighted by atomic mass is 9.96. The van der Waals surface area contributed by atoms with Crippen LogP contribution in [0.1, 0.15) is 29.7 Å². The van der Waals surface area contributed by atoms with Gasteiger partial charge in [-0.25, -0.2) is 0 Å². The van der Waals surface area contributed by atoms with E-state index in [1.807, 2.05) is 11.3 Å². The van der Waals surface area contributed by atoms with Crippen LogP contribution >= 0.6 is 11.3 Å². The number of nitrogens with zero attached hydrogens (tertiary/aromatic N) is 2. The summed E-state index contributed by atoms with van der Waals surface area (Å²) in [4.78, 5) is 5.01. The molecule has 0 spiro atoms. The minimum Gasteiger partial charge on any atom is -0.456 e. The molecule has 1 unspecified atom stereocenters. The van der Waals surface area contributed by atoms with Gasteiger partial charge in [0.25, 0.3) is 0 Å². The van der Waals surface area contributed by atoms with Crippen LogP contribution in [0.5, 0.6) is 0 Å². The Morgan fingerprint density at radius 1 is 0.884 bits per heavy atom. The first-order valence-electron chi connectivity index (χ1n) is 14.9. The monoisotopic (exact) mass is 575 g/mol. The van der Waals surface area contributed by atoms with Crippen molar-refractivity contribution in [2.24, 2.45) is 17.8 Å². The molecule has 4 aromatic carbocycles. The Hall–Kier alpha value is -4.87. The summed E-state index contributed by atoms with van der Waals surface area (Å²) in [5.74, 6) is 1.56. The molecule has 0 radical (unpaired) electrons. The van der Waals surface area contributed by atoms with Crippen molar-refractivity contribution in [1.29, 1.82) is 0 Å². The van der Waals surface area contributed by atoms with E-state index in [0.717, 1.165) is 52.6 Å². The highest BCUT2D eigenvalue weighted by molar-refractivity contribution is 7.25. The third-order valence-corrected chi connectivity index (χ3v) is 10.3. The number of benzene rings is 4. The second-order valence-corrected chi connectivity index (χ2v) is 12.8. The fourth-order valence-corrected chi connectivity index (χ4v) is 8.09. The van der Waals surface area contributed by atoms with E-state index in [0.29, 0.717) is 5.84 Å². The first-order valence-corrected chi connectivity index (χ1v) is 15.7. The molecular formula is C38H29N3OS. The van der Waals surface area contributed by atoms with Gasteiger partial charge in [-0.15, -0.1) is 11.3 Å². The van der Waals surface area contributed by atoms with Gasteiger partial charge in [0, 0.05) is 60.0 Å². The second-order valence-electron chi connectivity index (χ2n) is 11.7. The van der Waals surface area contributed by atoms with E-state index in [9.17, 15) is 0 Å². The number of allylic oxidation sites excluding steroid dienone is 3. The van der Waals surface area contributed by atoms with Gasteiger partial charge in [0.15, 0.2) is 0 Å². The van der Waals surface area contributed by atoms with Crippen LogP contribution < -0.4 is 5.73 Å². The van der Waals surface area contributed by atoms with Gasteiger partial charge in [-0.05, 0) is 78.9 Å². The van der Waals surface area contributed by atoms with E-state index < -0.39 is 0 Å². The molecule has 1 atom stereocenters. The summed E-state index contributed by atoms with van der Waals surface area (Å²) in [6, 6.07) is 24.6. The molecule has 2 N–H and O–H groups in total. The van der Waals surface area contributed by atoms with E-state index in [4.69, 9.17) is 15.1 Å². The molecule has 5 heteroatoms. The Morgan fingerprint density at radius 3 is 2.67 bits per heavy atom. The predicted molar refractivity (Wildman–Crippen MR) is 183 cm³/mol. The average molecular weight is 576 g/mol. The number of hydrogen-bond donors (Lipinski definition) is 1. The van der Waals surface area contributed by atoms with Crippen LogP contribution in [-0.2, 0) is 13.5 Å². The Morgan fingerprint density at radius 2 is 1.77 bits per heavy atom. The molecule has 0 saturated carbocycles. The van der Waals surface area contributed by atoms with Crippen molar-refractivity contribution < 1.29 is 4.42 Å². The van der Waals surface area contributed by atoms with E-state index >= 15 is 0 Å². The summed E-state index contributed by atoms with van der Waals surface area (Å²) in [5.41, 5.74) is 14.7. The number of thiophene rings is 1. The van der Waals surface area contributed by atoms with Gasteiger partial charge in [0.05, 0.1) is 11.6 Å². The number of hydrogen-bond acceptors (Lipinski definition) is 3. The second kappa shape index (κ2) is 9.32. The summed E-state index contributed by atoms with van der Waals surface area (Å²) in [6.07, 6.45) is 15.6. The average Bonchev–Trinajstić information content (AvgIpc) is 3.69. The molecule has 3 aromatic heterocycles. The van der Waals surface area contributed by atoms with Crippen LogP contribution in [0.4, 0.5) is 0 Å². The molecule has 9 rings (SSSR count). The zero-order valence-corrected chi connectivity index (χ0v) is 24.6. The number of nitrogens with two attached hydrogens (primary N) is 1. The van der Waals surface area contributed by atoms with Gasteiger partial charge in [-0.1, -0.05) is 54.6 Å². The Balaban J connectivity index is 1.32. The van der Waals surface area contributed by atoms with Crippen LogP contribution in [0.2, 0.25) is 0 Å². The maximum Gasteiger partial charge on any atom is 0.135 e. The molecule has 7 aromatic rings. The van der Waals surface area contributed by atoms with Crippen molar-refractivity contribution in [3.63, 3.8) is 0 Å². The van der Waals surface area contributed by atoms with Crippen molar-refractivity contribution in [3.8, 4) is 11.1 Å². The van der Waals surface area contributed by atoms with E-state index in [-0.39, 0.29) is 6.04 Å². The van der Waals surface area contributed by atoms with Gasteiger partial charge in [0.2, 0.25) is 0 Å². The number of amidine groups is 1. The molecule has 0 bridgehead atoms. The van der Waals surface area contributed by atoms with Gasteiger partial charge < -0.3 is 14.7 Å². The van der Waals surface area contributed by atoms with Gasteiger partial charge in [-0.3, -0.25) is 4.99 Å². The third kappa shape index (κ3) is 3.78. The van der Waals surface area contributed by atoms with Crippen molar-refractivity contribution in [1.82, 2.24) is 4.57 Å². The summed E-state index contributed by atoms with van der Waals surface area (Å²) in [6.45, 7) is 0. The van der Waals surface area contributed by atoms with Crippen molar-refractivity contribution in [2.75, 3.05) is 0 Å². The summed E-state index contributed by atoms with van der Waals surface area (Å²) < 4.78 is 11.3. The van der Waals surface area contributed by atoms with E-state index in [1.165, 1.54) is 47.6 Å². The highest BCUT2D eigenvalue weighted by Crippen LogP contribution is 2.41. The highest BCUT2D eigenvalue weighted by atomic mass is 32.1. The number of fused-ring (bicyclic) bond motifs is 9. The van der Waals surface area contributed by atoms with Crippen LogP contribution in [0.3, 0.4) is 0 Å². The minimum atomic E-state index is 0.0360. The summed E-state index contributed by atoms with van der Waals surface area (Å²) >= 11 is 1.84. The zero-order chi connectivity index (χ0) is 28.7. The van der Waals surface area contributed by atoms with Crippen LogP contribution in [0.25, 0.3) is 70.2 Å². The van der Waals surface area contributed by atoms with Crippen LogP contribution in [0, 0.1) is 0 Å². The number of aryl methyl sites for hydroxylation is 2. The molecule has 0 amide bonds. The summed E-state index contributed by atoms with van der Waals surface area (Å²) in [5, 5.41) is 6.11. The molecule has 0 saturated heterocycles. The zero-order valence-electron chi connectivity index (χ0n) is 23.8. The minimum absolute atomic E-state index is 0.0360. The number of furan rings is 1. The quantitative estimate of drug-likeness (QED) is 0.168. The molecule has 2 aliphatic carbocycles. The molecule has 2 aliphatic rings. The lowest BCUT2D eigenvalue weighted by Crippen LogP contribution is -2.18. The molecule has 3 heterocycles. The normalized spacial score (nSPS) is 16.9. The standard InChI is InChI=1S/C38H29N3OS/c1-41-32-20-28-25-11-5-7-13-33(25)42-34(28)21-27(32)30-18-23(19-31(37(30)41)38(39)40-24-9-3-2-4-10-24)22-15-16-36-29(17-22)26-12-6-8-14-35(26)43-36/h2-4,6-9,12-21,24H,5,10-11H2,1H3,(H2,39,40). The maximum atomic E-state index is 6.90. The topological polar surface area (TPSA) is 56.5 Å². The predicted octanol–water partition coefficient (Wildman–Crippen LogP) is 9.66. The van der Waals surface area contributed by atoms with E-state index in [1.54, 1.807) is 0 Å². The fraction of sp³-hybridized carbons (Fsp3) is 0.132. The molecule has 0 fully saturated rings. The Labute approximate surface area is 252 Å². The molecule has 0 aliphatic heterocycles. The molecule has 208 valence electrons. The lowest BCUT2D eigenvalue weighted by molar-refractivity contribution is 0.596. The number of rotatable bonds is 3. The van der Waals surface area contributed by atoms with E-state index in [2.05, 4.69) is 115 Å². The van der Waals surface area contributed by atoms with Gasteiger partial charge in [0.1, 0.15) is 17.2 Å². The fourth-order valence-electron chi connectivity index (χ4n) is 7.01. The maximum absolute atomic E-state index is 6.90. The Kier molecular flexibility index (Phi) is 5.35. The van der Waals surface area contributed by atoms with Crippen LogP contribution in [-0.4, -0.2) is 16.4 Å². The third-order valence-electron chi connectivity index (χ3n) is 9.12. The highest BCUT2D eigenvalue weighted by Gasteiger charge is 2.21. The molecule has 4 nitrogen and oxygen atoms in total. The summed E-state index contributed by atoms with van der Waals surface area (Å²) in [7, 11) is 2.15. The Bertz CT molecular complexity index is 2410. The smallest absolute Gasteiger partial charge is 0.135 e. The van der Waals surface area contributed by atoms with Crippen molar-refractivity contribution in [3.05, 3.63) is 114 Å². The first kappa shape index (κ1) is 24.7. The number of aromatic nitrogens is 1. The number of aliphatic imine (C=N–C) groups is 1. The molecule has 43 heavy (non-hydrogen) atoms. The lowest BCUT2D eigenvalue weighted by Gasteiger charge is -2.13. The first-order chi connectivity index (χ1) is 21.1. The molecular weight excluding hydrogens is 547 g/mol. The SMILES string of the molecule is Cn1c2cc3c4c(oc3cc2c2cc(-c3ccc5sc6ccccc6c5c3)cc(C(N)=NC3C=CC=CC3)c21)C=CCC4.